The molecular weight excluding hydrogens is 260 g/mol. The average molecular weight is 285 g/mol. The van der Waals surface area contributed by atoms with E-state index < -0.39 is 6.61 Å². The van der Waals surface area contributed by atoms with Gasteiger partial charge < -0.3 is 10.1 Å². The maximum Gasteiger partial charge on any atom is 0.387 e. The molecule has 0 saturated carbocycles. The molecule has 1 aromatic carbocycles. The second kappa shape index (κ2) is 8.90. The maximum atomic E-state index is 12.3. The van der Waals surface area contributed by atoms with Gasteiger partial charge in [-0.05, 0) is 31.9 Å². The zero-order chi connectivity index (χ0) is 15.0. The van der Waals surface area contributed by atoms with Gasteiger partial charge in [0.2, 0.25) is 0 Å². The van der Waals surface area contributed by atoms with E-state index in [1.54, 1.807) is 12.1 Å². The van der Waals surface area contributed by atoms with Gasteiger partial charge in [-0.1, -0.05) is 44.9 Å². The minimum Gasteiger partial charge on any atom is -0.434 e. The lowest BCUT2D eigenvalue weighted by atomic mass is 10.1. The molecule has 0 spiro atoms. The van der Waals surface area contributed by atoms with E-state index in [1.165, 1.54) is 12.8 Å². The van der Waals surface area contributed by atoms with Crippen molar-refractivity contribution in [3.63, 3.8) is 0 Å². The van der Waals surface area contributed by atoms with Crippen LogP contribution in [0.5, 0.6) is 5.75 Å². The second-order valence-electron chi connectivity index (χ2n) is 5.48. The summed E-state index contributed by atoms with van der Waals surface area (Å²) < 4.78 is 29.3. The third-order valence-electron chi connectivity index (χ3n) is 3.26. The second-order valence-corrected chi connectivity index (χ2v) is 5.48. The van der Waals surface area contributed by atoms with E-state index in [4.69, 9.17) is 0 Å². The van der Waals surface area contributed by atoms with E-state index >= 15 is 0 Å². The molecule has 1 N–H and O–H groups in total. The number of hydrogen-bond acceptors (Lipinski definition) is 2. The molecule has 0 aliphatic carbocycles. The molecule has 1 unspecified atom stereocenters. The van der Waals surface area contributed by atoms with Crippen molar-refractivity contribution >= 4 is 0 Å². The van der Waals surface area contributed by atoms with Crippen molar-refractivity contribution in [1.82, 2.24) is 5.32 Å². The predicted octanol–water partition coefficient (Wildman–Crippen LogP) is 4.76. The highest BCUT2D eigenvalue weighted by Crippen LogP contribution is 2.26. The van der Waals surface area contributed by atoms with Gasteiger partial charge in [0.25, 0.3) is 0 Å². The third kappa shape index (κ3) is 6.33. The number of hydrogen-bond donors (Lipinski definition) is 1. The minimum atomic E-state index is -2.78. The van der Waals surface area contributed by atoms with Crippen LogP contribution in [0, 0.1) is 5.92 Å². The van der Waals surface area contributed by atoms with Crippen LogP contribution in [0.1, 0.15) is 51.6 Å². The zero-order valence-corrected chi connectivity index (χ0v) is 12.5. The monoisotopic (exact) mass is 285 g/mol. The Kier molecular flexibility index (Phi) is 7.52. The summed E-state index contributed by atoms with van der Waals surface area (Å²) in [6.45, 7) is 4.50. The molecule has 114 valence electrons. The van der Waals surface area contributed by atoms with Crippen molar-refractivity contribution in [2.24, 2.45) is 5.92 Å². The molecule has 0 heterocycles. The van der Waals surface area contributed by atoms with Gasteiger partial charge >= 0.3 is 6.61 Å². The first-order valence-corrected chi connectivity index (χ1v) is 7.27. The van der Waals surface area contributed by atoms with Gasteiger partial charge in [-0.15, -0.1) is 0 Å². The molecule has 2 nitrogen and oxygen atoms in total. The van der Waals surface area contributed by atoms with Crippen molar-refractivity contribution < 1.29 is 13.5 Å². The smallest absolute Gasteiger partial charge is 0.387 e. The highest BCUT2D eigenvalue weighted by atomic mass is 19.3. The van der Waals surface area contributed by atoms with Crippen LogP contribution < -0.4 is 10.1 Å². The fourth-order valence-electron chi connectivity index (χ4n) is 2.15. The Morgan fingerprint density at radius 2 is 1.80 bits per heavy atom. The van der Waals surface area contributed by atoms with Crippen molar-refractivity contribution in [2.45, 2.75) is 52.7 Å². The number of benzene rings is 1. The largest absolute Gasteiger partial charge is 0.434 e. The van der Waals surface area contributed by atoms with Crippen molar-refractivity contribution in [3.05, 3.63) is 29.8 Å². The number of unbranched alkanes of at least 4 members (excludes halogenated alkanes) is 1. The van der Waals surface area contributed by atoms with Crippen LogP contribution in [-0.2, 0) is 0 Å². The molecule has 0 saturated heterocycles. The quantitative estimate of drug-likeness (QED) is 0.660. The van der Waals surface area contributed by atoms with Gasteiger partial charge in [0.15, 0.2) is 0 Å². The lowest BCUT2D eigenvalue weighted by Gasteiger charge is -2.18. The summed E-state index contributed by atoms with van der Waals surface area (Å²) in [6, 6.07) is 6.95. The van der Waals surface area contributed by atoms with Gasteiger partial charge in [0.05, 0.1) is 0 Å². The van der Waals surface area contributed by atoms with Gasteiger partial charge in [-0.3, -0.25) is 0 Å². The van der Waals surface area contributed by atoms with Crippen molar-refractivity contribution in [3.8, 4) is 5.75 Å². The van der Waals surface area contributed by atoms with E-state index in [0.717, 1.165) is 24.4 Å². The average Bonchev–Trinajstić information content (AvgIpc) is 2.37. The summed E-state index contributed by atoms with van der Waals surface area (Å²) in [5.74, 6) is 0.984. The first kappa shape index (κ1) is 16.9. The van der Waals surface area contributed by atoms with Crippen LogP contribution in [0.25, 0.3) is 0 Å². The summed E-state index contributed by atoms with van der Waals surface area (Å²) in [7, 11) is 0. The predicted molar refractivity (Wildman–Crippen MR) is 78.2 cm³/mol. The van der Waals surface area contributed by atoms with E-state index in [-0.39, 0.29) is 11.8 Å². The standard InChI is InChI=1S/C16H25F2NO/c1-12(2)8-6-7-11-19-13(3)14-9-4-5-10-15(14)20-16(17)18/h4-5,9-10,12-13,16,19H,6-8,11H2,1-3H3. The molecule has 0 bridgehead atoms. The molecule has 0 fully saturated rings. The Morgan fingerprint density at radius 3 is 2.45 bits per heavy atom. The fraction of sp³-hybridized carbons (Fsp3) is 0.625. The number of ether oxygens (including phenoxy) is 1. The molecule has 0 aliphatic heterocycles. The molecular formula is C16H25F2NO. The molecule has 4 heteroatoms. The topological polar surface area (TPSA) is 21.3 Å². The molecule has 1 atom stereocenters. The first-order valence-electron chi connectivity index (χ1n) is 7.27. The summed E-state index contributed by atoms with van der Waals surface area (Å²) in [5.41, 5.74) is 0.775. The van der Waals surface area contributed by atoms with Gasteiger partial charge in [-0.2, -0.15) is 8.78 Å². The van der Waals surface area contributed by atoms with Crippen LogP contribution in [0.2, 0.25) is 0 Å². The SMILES string of the molecule is CC(C)CCCCNC(C)c1ccccc1OC(F)F. The van der Waals surface area contributed by atoms with Crippen molar-refractivity contribution in [1.29, 1.82) is 0 Å². The molecule has 0 amide bonds. The lowest BCUT2D eigenvalue weighted by Crippen LogP contribution is -2.21. The van der Waals surface area contributed by atoms with E-state index in [0.29, 0.717) is 0 Å². The maximum absolute atomic E-state index is 12.3. The third-order valence-corrected chi connectivity index (χ3v) is 3.26. The Hall–Kier alpha value is -1.16. The highest BCUT2D eigenvalue weighted by molar-refractivity contribution is 5.35. The summed E-state index contributed by atoms with van der Waals surface area (Å²) in [5, 5.41) is 3.36. The van der Waals surface area contributed by atoms with E-state index in [1.807, 2.05) is 19.1 Å². The molecule has 0 radical (unpaired) electrons. The zero-order valence-electron chi connectivity index (χ0n) is 12.5. The Morgan fingerprint density at radius 1 is 1.10 bits per heavy atom. The number of rotatable bonds is 9. The number of halogens is 2. The molecule has 0 aliphatic rings. The van der Waals surface area contributed by atoms with Gasteiger partial charge in [-0.25, -0.2) is 0 Å². The number of para-hydroxylation sites is 1. The van der Waals surface area contributed by atoms with Crippen LogP contribution in [0.3, 0.4) is 0 Å². The normalized spacial score (nSPS) is 12.9. The Labute approximate surface area is 120 Å². The summed E-state index contributed by atoms with van der Waals surface area (Å²) >= 11 is 0. The molecule has 0 aromatic heterocycles. The molecule has 20 heavy (non-hydrogen) atoms. The van der Waals surface area contributed by atoms with Gasteiger partial charge in [0.1, 0.15) is 5.75 Å². The summed E-state index contributed by atoms with van der Waals surface area (Å²) in [6.07, 6.45) is 3.51. The van der Waals surface area contributed by atoms with Crippen LogP contribution in [-0.4, -0.2) is 13.2 Å². The van der Waals surface area contributed by atoms with Crippen molar-refractivity contribution in [2.75, 3.05) is 6.54 Å². The lowest BCUT2D eigenvalue weighted by molar-refractivity contribution is -0.0506. The highest BCUT2D eigenvalue weighted by Gasteiger charge is 2.13. The van der Waals surface area contributed by atoms with Crippen LogP contribution in [0.4, 0.5) is 8.78 Å². The van der Waals surface area contributed by atoms with E-state index in [9.17, 15) is 8.78 Å². The summed E-state index contributed by atoms with van der Waals surface area (Å²) in [4.78, 5) is 0. The fourth-order valence-corrected chi connectivity index (χ4v) is 2.15. The first-order chi connectivity index (χ1) is 9.50. The molecule has 1 rings (SSSR count). The number of alkyl halides is 2. The number of nitrogens with one attached hydrogen (secondary N) is 1. The van der Waals surface area contributed by atoms with Crippen LogP contribution in [0.15, 0.2) is 24.3 Å². The van der Waals surface area contributed by atoms with Gasteiger partial charge in [0, 0.05) is 11.6 Å². The van der Waals surface area contributed by atoms with E-state index in [2.05, 4.69) is 23.9 Å². The Bertz CT molecular complexity index is 382. The minimum absolute atomic E-state index is 0.00370. The Balaban J connectivity index is 2.44. The van der Waals surface area contributed by atoms with Crippen LogP contribution >= 0.6 is 0 Å². The molecule has 1 aromatic rings.